The number of rotatable bonds is 3. The summed E-state index contributed by atoms with van der Waals surface area (Å²) in [5.74, 6) is 7.61. The second kappa shape index (κ2) is 6.85. The van der Waals surface area contributed by atoms with Crippen molar-refractivity contribution in [2.45, 2.75) is 54.4 Å². The molecule has 0 N–H and O–H groups in total. The Hall–Kier alpha value is -2.01. The largest absolute Gasteiger partial charge is 0.430 e. The van der Waals surface area contributed by atoms with E-state index in [-0.39, 0.29) is 17.3 Å². The number of esters is 1. The van der Waals surface area contributed by atoms with E-state index in [1.165, 1.54) is 0 Å². The van der Waals surface area contributed by atoms with Crippen molar-refractivity contribution in [1.82, 2.24) is 0 Å². The molecule has 0 spiro atoms. The van der Waals surface area contributed by atoms with Crippen molar-refractivity contribution in [3.05, 3.63) is 47.2 Å². The van der Waals surface area contributed by atoms with Crippen LogP contribution in [0.25, 0.3) is 0 Å². The molecule has 0 heterocycles. The first-order chi connectivity index (χ1) is 11.2. The number of carbonyl (C=O) groups is 1. The van der Waals surface area contributed by atoms with Crippen molar-refractivity contribution in [2.75, 3.05) is 0 Å². The first kappa shape index (κ1) is 18.3. The number of hydrogen-bond donors (Lipinski definition) is 0. The predicted octanol–water partition coefficient (Wildman–Crippen LogP) is 5.34. The molecule has 1 aliphatic rings. The summed E-state index contributed by atoms with van der Waals surface area (Å²) < 4.78 is 5.78. The Balaban J connectivity index is 2.21. The summed E-state index contributed by atoms with van der Waals surface area (Å²) in [4.78, 5) is 12.3. The topological polar surface area (TPSA) is 26.3 Å². The fourth-order valence-electron chi connectivity index (χ4n) is 2.76. The highest BCUT2D eigenvalue weighted by atomic mass is 16.5. The Morgan fingerprint density at radius 1 is 1.25 bits per heavy atom. The predicted molar refractivity (Wildman–Crippen MR) is 98.1 cm³/mol. The molecule has 0 aliphatic heterocycles. The lowest BCUT2D eigenvalue weighted by molar-refractivity contribution is -0.149. The highest BCUT2D eigenvalue weighted by Crippen LogP contribution is 2.59. The molecule has 0 bridgehead atoms. The Labute approximate surface area is 146 Å². The monoisotopic (exact) mass is 324 g/mol. The van der Waals surface area contributed by atoms with E-state index in [9.17, 15) is 4.79 Å². The van der Waals surface area contributed by atoms with Crippen LogP contribution >= 0.6 is 0 Å². The molecule has 1 aromatic carbocycles. The summed E-state index contributed by atoms with van der Waals surface area (Å²) in [6, 6.07) is 10.0. The van der Waals surface area contributed by atoms with Crippen molar-refractivity contribution >= 4 is 5.97 Å². The van der Waals surface area contributed by atoms with Crippen LogP contribution in [-0.4, -0.2) is 5.97 Å². The molecule has 0 amide bonds. The molecule has 2 atom stereocenters. The summed E-state index contributed by atoms with van der Waals surface area (Å²) >= 11 is 0. The highest BCUT2D eigenvalue weighted by molar-refractivity contribution is 5.76. The minimum atomic E-state index is -0.500. The van der Waals surface area contributed by atoms with Crippen LogP contribution in [0.5, 0.6) is 0 Å². The van der Waals surface area contributed by atoms with E-state index < -0.39 is 5.41 Å². The molecule has 2 heteroatoms. The first-order valence-corrected chi connectivity index (χ1v) is 8.67. The minimum absolute atomic E-state index is 0.0688. The lowest BCUT2D eigenvalue weighted by Gasteiger charge is -2.20. The van der Waals surface area contributed by atoms with Gasteiger partial charge in [-0.2, -0.15) is 0 Å². The van der Waals surface area contributed by atoms with Crippen LogP contribution in [0.4, 0.5) is 0 Å². The molecular formula is C22H28O2. The molecule has 2 rings (SSSR count). The smallest absolute Gasteiger partial charge is 0.316 e. The summed E-state index contributed by atoms with van der Waals surface area (Å²) in [7, 11) is 0. The van der Waals surface area contributed by atoms with Gasteiger partial charge >= 0.3 is 5.97 Å². The average molecular weight is 324 g/mol. The lowest BCUT2D eigenvalue weighted by Crippen LogP contribution is -2.24. The van der Waals surface area contributed by atoms with Crippen LogP contribution in [0.1, 0.15) is 59.9 Å². The molecule has 128 valence electrons. The van der Waals surface area contributed by atoms with Crippen molar-refractivity contribution in [3.8, 4) is 11.8 Å². The number of ether oxygens (including phenoxy) is 1. The van der Waals surface area contributed by atoms with E-state index in [0.717, 1.165) is 29.7 Å². The van der Waals surface area contributed by atoms with Gasteiger partial charge in [0.15, 0.2) is 0 Å². The maximum absolute atomic E-state index is 12.3. The van der Waals surface area contributed by atoms with E-state index in [4.69, 9.17) is 4.74 Å². The zero-order chi connectivity index (χ0) is 18.0. The van der Waals surface area contributed by atoms with Gasteiger partial charge in [-0.05, 0) is 65.2 Å². The zero-order valence-electron chi connectivity index (χ0n) is 15.7. The van der Waals surface area contributed by atoms with Gasteiger partial charge in [0.05, 0.1) is 5.41 Å². The van der Waals surface area contributed by atoms with Crippen molar-refractivity contribution < 1.29 is 9.53 Å². The van der Waals surface area contributed by atoms with Crippen LogP contribution < -0.4 is 0 Å². The zero-order valence-corrected chi connectivity index (χ0v) is 15.7. The maximum atomic E-state index is 12.3. The van der Waals surface area contributed by atoms with Gasteiger partial charge < -0.3 is 4.74 Å². The molecule has 2 nitrogen and oxygen atoms in total. The van der Waals surface area contributed by atoms with E-state index in [0.29, 0.717) is 0 Å². The van der Waals surface area contributed by atoms with Crippen molar-refractivity contribution in [3.63, 3.8) is 0 Å². The minimum Gasteiger partial charge on any atom is -0.430 e. The fourth-order valence-corrected chi connectivity index (χ4v) is 2.76. The third-order valence-corrected chi connectivity index (χ3v) is 4.56. The second-order valence-corrected chi connectivity index (χ2v) is 7.89. The Morgan fingerprint density at radius 3 is 2.38 bits per heavy atom. The Kier molecular flexibility index (Phi) is 5.23. The van der Waals surface area contributed by atoms with E-state index >= 15 is 0 Å². The van der Waals surface area contributed by atoms with Gasteiger partial charge in [-0.15, -0.1) is 0 Å². The molecule has 1 saturated carbocycles. The second-order valence-electron chi connectivity index (χ2n) is 7.89. The number of hydrogen-bond acceptors (Lipinski definition) is 2. The molecule has 24 heavy (non-hydrogen) atoms. The van der Waals surface area contributed by atoms with Gasteiger partial charge in [0, 0.05) is 16.9 Å². The number of carbonyl (C=O) groups excluding carboxylic acids is 1. The molecule has 2 unspecified atom stereocenters. The third kappa shape index (κ3) is 4.09. The van der Waals surface area contributed by atoms with E-state index in [1.807, 2.05) is 65.0 Å². The van der Waals surface area contributed by atoms with E-state index in [2.05, 4.69) is 18.8 Å². The molecular weight excluding hydrogens is 296 g/mol. The summed E-state index contributed by atoms with van der Waals surface area (Å²) in [6.07, 6.45) is 1.92. The van der Waals surface area contributed by atoms with Gasteiger partial charge in [0.1, 0.15) is 5.76 Å². The van der Waals surface area contributed by atoms with Crippen molar-refractivity contribution in [1.29, 1.82) is 0 Å². The van der Waals surface area contributed by atoms with Crippen LogP contribution in [0.3, 0.4) is 0 Å². The molecule has 1 aromatic rings. The average Bonchev–Trinajstić information content (AvgIpc) is 3.25. The quantitative estimate of drug-likeness (QED) is 0.426. The van der Waals surface area contributed by atoms with Crippen molar-refractivity contribution in [2.24, 2.45) is 16.7 Å². The van der Waals surface area contributed by atoms with Gasteiger partial charge in [-0.1, -0.05) is 37.0 Å². The summed E-state index contributed by atoms with van der Waals surface area (Å²) in [6.45, 7) is 11.8. The first-order valence-electron chi connectivity index (χ1n) is 8.67. The molecule has 0 aromatic heterocycles. The standard InChI is InChI=1S/C22H28O2/c1-7-22(14-13-17-11-9-8-10-12-17)15-18(22)19(16(2)3)24-20(23)21(4,5)6/h8-12,18H,7,15H2,1-6H3. The number of allylic oxidation sites excluding steroid dienone is 2. The molecule has 0 saturated heterocycles. The fraction of sp³-hybridized carbons (Fsp3) is 0.500. The van der Waals surface area contributed by atoms with Gasteiger partial charge in [-0.3, -0.25) is 4.79 Å². The van der Waals surface area contributed by atoms with Crippen LogP contribution in [-0.2, 0) is 9.53 Å². The van der Waals surface area contributed by atoms with Gasteiger partial charge in [0.25, 0.3) is 0 Å². The maximum Gasteiger partial charge on any atom is 0.316 e. The van der Waals surface area contributed by atoms with Gasteiger partial charge in [0.2, 0.25) is 0 Å². The summed E-state index contributed by atoms with van der Waals surface area (Å²) in [5, 5.41) is 0. The SMILES string of the molecule is CCC1(C#Cc2ccccc2)CC1C(OC(=O)C(C)(C)C)=C(C)C. The summed E-state index contributed by atoms with van der Waals surface area (Å²) in [5.41, 5.74) is 1.52. The van der Waals surface area contributed by atoms with E-state index in [1.54, 1.807) is 0 Å². The Bertz CT molecular complexity index is 691. The number of benzene rings is 1. The Morgan fingerprint density at radius 2 is 1.88 bits per heavy atom. The van der Waals surface area contributed by atoms with Gasteiger partial charge in [-0.25, -0.2) is 0 Å². The van der Waals surface area contributed by atoms with Crippen LogP contribution in [0.2, 0.25) is 0 Å². The highest BCUT2D eigenvalue weighted by Gasteiger charge is 2.55. The molecule has 1 fully saturated rings. The molecule has 1 aliphatic carbocycles. The normalized spacial score (nSPS) is 22.2. The van der Waals surface area contributed by atoms with Crippen LogP contribution in [0.15, 0.2) is 41.7 Å². The third-order valence-electron chi connectivity index (χ3n) is 4.56. The molecule has 0 radical (unpaired) electrons. The lowest BCUT2D eigenvalue weighted by atomic mass is 9.96. The van der Waals surface area contributed by atoms with Crippen LogP contribution in [0, 0.1) is 28.6 Å².